The third-order valence-corrected chi connectivity index (χ3v) is 4.73. The molecule has 0 fully saturated rings. The minimum absolute atomic E-state index is 0.153. The van der Waals surface area contributed by atoms with Gasteiger partial charge in [0.05, 0.1) is 6.61 Å². The maximum atomic E-state index is 12.1. The Bertz CT molecular complexity index is 941. The lowest BCUT2D eigenvalue weighted by Crippen LogP contribution is -2.33. The van der Waals surface area contributed by atoms with E-state index in [2.05, 4.69) is 9.51 Å². The molecule has 0 saturated heterocycles. The summed E-state index contributed by atoms with van der Waals surface area (Å²) in [7, 11) is -4.54. The summed E-state index contributed by atoms with van der Waals surface area (Å²) in [4.78, 5) is 24.9. The van der Waals surface area contributed by atoms with Gasteiger partial charge in [-0.3, -0.25) is 9.42 Å². The van der Waals surface area contributed by atoms with Crippen molar-refractivity contribution in [3.8, 4) is 0 Å². The fourth-order valence-corrected chi connectivity index (χ4v) is 3.29. The first-order valence-electron chi connectivity index (χ1n) is 8.00. The molecule has 0 amide bonds. The molecular weight excluding hydrogens is 355 g/mol. The number of nitrogens with one attached hydrogen (secondary N) is 1. The Labute approximate surface area is 150 Å². The minimum Gasteiger partial charge on any atom is -0.369 e. The molecule has 0 aliphatic rings. The van der Waals surface area contributed by atoms with Gasteiger partial charge in [0.1, 0.15) is 6.04 Å². The zero-order chi connectivity index (χ0) is 18.6. The minimum atomic E-state index is -4.54. The molecule has 1 heterocycles. The lowest BCUT2D eigenvalue weighted by molar-refractivity contribution is -0.137. The van der Waals surface area contributed by atoms with Crippen LogP contribution in [0.5, 0.6) is 0 Å². The molecule has 2 atom stereocenters. The summed E-state index contributed by atoms with van der Waals surface area (Å²) >= 11 is 0. The Hall–Kier alpha value is -2.44. The first kappa shape index (κ1) is 18.4. The Morgan fingerprint density at radius 2 is 1.85 bits per heavy atom. The summed E-state index contributed by atoms with van der Waals surface area (Å²) in [6.45, 7) is -0.153. The number of hydrogen-bond donors (Lipinski definition) is 3. The van der Waals surface area contributed by atoms with E-state index in [-0.39, 0.29) is 13.0 Å². The average molecular weight is 374 g/mol. The van der Waals surface area contributed by atoms with Crippen LogP contribution < -0.4 is 5.73 Å². The van der Waals surface area contributed by atoms with E-state index in [4.69, 9.17) is 10.3 Å². The largest absolute Gasteiger partial charge is 0.529 e. The molecule has 4 N–H and O–H groups in total. The predicted molar refractivity (Wildman–Crippen MR) is 97.1 cm³/mol. The molecule has 1 unspecified atom stereocenters. The molecule has 0 spiro atoms. The lowest BCUT2D eigenvalue weighted by Gasteiger charge is -2.15. The van der Waals surface area contributed by atoms with Crippen molar-refractivity contribution in [3.05, 3.63) is 71.9 Å². The molecule has 7 nitrogen and oxygen atoms in total. The number of phosphoric ester groups is 1. The summed E-state index contributed by atoms with van der Waals surface area (Å²) in [5.74, 6) is -0.992. The van der Waals surface area contributed by atoms with Crippen molar-refractivity contribution in [3.63, 3.8) is 0 Å². The number of carbonyl (C=O) groups excluding carboxylic acids is 1. The third kappa shape index (κ3) is 4.59. The quantitative estimate of drug-likeness (QED) is 0.548. The van der Waals surface area contributed by atoms with Crippen LogP contribution in [0.2, 0.25) is 0 Å². The number of para-hydroxylation sites is 1. The first-order chi connectivity index (χ1) is 12.4. The molecule has 0 radical (unpaired) electrons. The average Bonchev–Trinajstić information content (AvgIpc) is 3.04. The SMILES string of the molecule is N[C@@H](Cc1c[nH]c2ccccc12)C(=O)OP(=O)(O)OCc1ccccc1. The van der Waals surface area contributed by atoms with E-state index in [0.717, 1.165) is 16.5 Å². The summed E-state index contributed by atoms with van der Waals surface area (Å²) in [6, 6.07) is 15.3. The van der Waals surface area contributed by atoms with Crippen molar-refractivity contribution < 1.29 is 23.3 Å². The monoisotopic (exact) mass is 374 g/mol. The number of phosphoric acid groups is 1. The van der Waals surface area contributed by atoms with Crippen LogP contribution >= 0.6 is 7.82 Å². The Balaban J connectivity index is 1.58. The van der Waals surface area contributed by atoms with E-state index in [0.29, 0.717) is 5.56 Å². The van der Waals surface area contributed by atoms with Crippen molar-refractivity contribution >= 4 is 24.7 Å². The van der Waals surface area contributed by atoms with Crippen LogP contribution in [0.4, 0.5) is 0 Å². The van der Waals surface area contributed by atoms with Crippen LogP contribution in [-0.2, 0) is 31.4 Å². The van der Waals surface area contributed by atoms with E-state index in [1.165, 1.54) is 0 Å². The van der Waals surface area contributed by atoms with E-state index >= 15 is 0 Å². The smallest absolute Gasteiger partial charge is 0.369 e. The maximum absolute atomic E-state index is 12.1. The van der Waals surface area contributed by atoms with E-state index < -0.39 is 19.8 Å². The fraction of sp³-hybridized carbons (Fsp3) is 0.167. The standard InChI is InChI=1S/C18H19N2O5P/c19-16(10-14-11-20-17-9-5-4-8-15(14)17)18(21)25-26(22,23)24-12-13-6-2-1-3-7-13/h1-9,11,16,20H,10,12,19H2,(H,22,23)/t16-/m0/s1. The third-order valence-electron chi connectivity index (χ3n) is 3.86. The molecule has 0 saturated carbocycles. The first-order valence-corrected chi connectivity index (χ1v) is 9.49. The van der Waals surface area contributed by atoms with Gasteiger partial charge in [-0.15, -0.1) is 0 Å². The van der Waals surface area contributed by atoms with E-state index in [1.807, 2.05) is 30.3 Å². The Morgan fingerprint density at radius 3 is 2.62 bits per heavy atom. The van der Waals surface area contributed by atoms with Crippen molar-refractivity contribution in [1.29, 1.82) is 0 Å². The molecule has 136 valence electrons. The van der Waals surface area contributed by atoms with Gasteiger partial charge in [0.25, 0.3) is 0 Å². The predicted octanol–water partition coefficient (Wildman–Crippen LogP) is 2.90. The highest BCUT2D eigenvalue weighted by Crippen LogP contribution is 2.44. The fourth-order valence-electron chi connectivity index (χ4n) is 2.56. The van der Waals surface area contributed by atoms with Gasteiger partial charge in [-0.1, -0.05) is 48.5 Å². The summed E-state index contributed by atoms with van der Waals surface area (Å²) in [5.41, 5.74) is 8.26. The Kier molecular flexibility index (Phi) is 5.54. The van der Waals surface area contributed by atoms with E-state index in [9.17, 15) is 14.3 Å². The zero-order valence-corrected chi connectivity index (χ0v) is 14.8. The molecule has 0 aliphatic heterocycles. The van der Waals surface area contributed by atoms with E-state index in [1.54, 1.807) is 30.5 Å². The van der Waals surface area contributed by atoms with Crippen molar-refractivity contribution in [2.45, 2.75) is 19.1 Å². The van der Waals surface area contributed by atoms with Crippen molar-refractivity contribution in [2.75, 3.05) is 0 Å². The molecule has 2 aromatic carbocycles. The second kappa shape index (κ2) is 7.85. The molecular formula is C18H19N2O5P. The molecule has 3 aromatic rings. The number of aromatic amines is 1. The zero-order valence-electron chi connectivity index (χ0n) is 13.9. The summed E-state index contributed by atoms with van der Waals surface area (Å²) in [5, 5.41) is 0.934. The number of fused-ring (bicyclic) bond motifs is 1. The molecule has 0 aliphatic carbocycles. The second-order valence-corrected chi connectivity index (χ2v) is 7.19. The van der Waals surface area contributed by atoms with Gasteiger partial charge in [0.15, 0.2) is 0 Å². The van der Waals surface area contributed by atoms with Crippen LogP contribution in [-0.4, -0.2) is 21.9 Å². The Morgan fingerprint density at radius 1 is 1.15 bits per heavy atom. The van der Waals surface area contributed by atoms with Gasteiger partial charge in [0.2, 0.25) is 0 Å². The lowest BCUT2D eigenvalue weighted by atomic mass is 10.1. The number of rotatable bonds is 7. The highest BCUT2D eigenvalue weighted by atomic mass is 31.2. The molecule has 26 heavy (non-hydrogen) atoms. The highest BCUT2D eigenvalue weighted by molar-refractivity contribution is 7.48. The van der Waals surface area contributed by atoms with Gasteiger partial charge in [-0.2, -0.15) is 0 Å². The number of nitrogens with two attached hydrogens (primary N) is 1. The normalized spacial score (nSPS) is 14.7. The van der Waals surface area contributed by atoms with Crippen LogP contribution in [0.1, 0.15) is 11.1 Å². The van der Waals surface area contributed by atoms with Crippen LogP contribution in [0.15, 0.2) is 60.8 Å². The molecule has 3 rings (SSSR count). The number of benzene rings is 2. The van der Waals surface area contributed by atoms with Crippen molar-refractivity contribution in [2.24, 2.45) is 5.73 Å². The van der Waals surface area contributed by atoms with Crippen LogP contribution in [0.3, 0.4) is 0 Å². The van der Waals surface area contributed by atoms with Gasteiger partial charge in [-0.25, -0.2) is 9.36 Å². The van der Waals surface area contributed by atoms with Crippen LogP contribution in [0.25, 0.3) is 10.9 Å². The summed E-state index contributed by atoms with van der Waals surface area (Å²) < 4.78 is 21.4. The number of aromatic nitrogens is 1. The number of hydrogen-bond acceptors (Lipinski definition) is 5. The van der Waals surface area contributed by atoms with Crippen molar-refractivity contribution in [1.82, 2.24) is 4.98 Å². The van der Waals surface area contributed by atoms with Gasteiger partial charge >= 0.3 is 13.8 Å². The summed E-state index contributed by atoms with van der Waals surface area (Å²) in [6.07, 6.45) is 1.92. The van der Waals surface area contributed by atoms with Gasteiger partial charge < -0.3 is 15.2 Å². The molecule has 0 bridgehead atoms. The maximum Gasteiger partial charge on any atom is 0.529 e. The van der Waals surface area contributed by atoms with Gasteiger partial charge in [0, 0.05) is 23.5 Å². The molecule has 8 heteroatoms. The van der Waals surface area contributed by atoms with Gasteiger partial charge in [-0.05, 0) is 17.2 Å². The highest BCUT2D eigenvalue weighted by Gasteiger charge is 2.29. The second-order valence-electron chi connectivity index (χ2n) is 5.81. The van der Waals surface area contributed by atoms with Crippen LogP contribution in [0, 0.1) is 0 Å². The number of carbonyl (C=O) groups is 1. The molecule has 1 aromatic heterocycles. The number of H-pyrrole nitrogens is 1. The topological polar surface area (TPSA) is 115 Å².